The summed E-state index contributed by atoms with van der Waals surface area (Å²) < 4.78 is 6.34. The number of ether oxygens (including phenoxy) is 1. The maximum Gasteiger partial charge on any atom is 0.0900 e. The second kappa shape index (κ2) is 4.70. The van der Waals surface area contributed by atoms with Gasteiger partial charge in [0.05, 0.1) is 11.7 Å². The number of aliphatic hydroxyl groups excluding tert-OH is 1. The van der Waals surface area contributed by atoms with Crippen LogP contribution in [-0.4, -0.2) is 23.4 Å². The van der Waals surface area contributed by atoms with Gasteiger partial charge in [-0.1, -0.05) is 38.0 Å². The Morgan fingerprint density at radius 2 is 1.91 bits per heavy atom. The second-order valence-corrected chi connectivity index (χ2v) is 8.62. The Morgan fingerprint density at radius 1 is 1.09 bits per heavy atom. The molecule has 5 atom stereocenters. The number of hydrogen-bond donors (Lipinski definition) is 1. The lowest BCUT2D eigenvalue weighted by Crippen LogP contribution is -2.49. The van der Waals surface area contributed by atoms with Gasteiger partial charge in [-0.2, -0.15) is 0 Å². The minimum absolute atomic E-state index is 0.0642. The van der Waals surface area contributed by atoms with Crippen LogP contribution in [0, 0.1) is 16.7 Å². The molecule has 0 radical (unpaired) electrons. The van der Waals surface area contributed by atoms with Crippen molar-refractivity contribution in [3.63, 3.8) is 0 Å². The number of hydrogen-bond acceptors (Lipinski definition) is 2. The summed E-state index contributed by atoms with van der Waals surface area (Å²) in [5.41, 5.74) is 2.98. The van der Waals surface area contributed by atoms with Crippen molar-refractivity contribution < 1.29 is 9.84 Å². The van der Waals surface area contributed by atoms with Gasteiger partial charge in [0.15, 0.2) is 0 Å². The average molecular weight is 302 g/mol. The predicted molar refractivity (Wildman–Crippen MR) is 88.6 cm³/mol. The number of allylic oxidation sites excluding steroid dienone is 2. The zero-order valence-corrected chi connectivity index (χ0v) is 14.3. The topological polar surface area (TPSA) is 29.5 Å². The Bertz CT molecular complexity index is 548. The highest BCUT2D eigenvalue weighted by Crippen LogP contribution is 2.63. The lowest BCUT2D eigenvalue weighted by Gasteiger charge is -2.54. The minimum Gasteiger partial charge on any atom is -0.392 e. The molecule has 1 N–H and O–H groups in total. The van der Waals surface area contributed by atoms with Crippen LogP contribution in [0.5, 0.6) is 0 Å². The second-order valence-electron chi connectivity index (χ2n) is 8.62. The fourth-order valence-corrected chi connectivity index (χ4v) is 6.15. The van der Waals surface area contributed by atoms with E-state index in [1.165, 1.54) is 36.8 Å². The molecule has 3 aliphatic carbocycles. The van der Waals surface area contributed by atoms with Crippen LogP contribution in [0.15, 0.2) is 23.3 Å². The molecule has 1 saturated heterocycles. The molecule has 1 saturated carbocycles. The van der Waals surface area contributed by atoms with Gasteiger partial charge in [-0.15, -0.1) is 0 Å². The largest absolute Gasteiger partial charge is 0.392 e. The third-order valence-electron chi connectivity index (χ3n) is 7.47. The van der Waals surface area contributed by atoms with E-state index in [4.69, 9.17) is 4.74 Å². The van der Waals surface area contributed by atoms with Gasteiger partial charge in [-0.3, -0.25) is 0 Å². The molecular formula is C20H30O2. The van der Waals surface area contributed by atoms with Crippen LogP contribution in [-0.2, 0) is 4.74 Å². The van der Waals surface area contributed by atoms with E-state index in [2.05, 4.69) is 32.9 Å². The average Bonchev–Trinajstić information content (AvgIpc) is 2.79. The molecule has 22 heavy (non-hydrogen) atoms. The van der Waals surface area contributed by atoms with E-state index in [1.54, 1.807) is 0 Å². The fourth-order valence-electron chi connectivity index (χ4n) is 6.15. The fraction of sp³-hybridized carbons (Fsp3) is 0.800. The molecule has 1 aliphatic heterocycles. The zero-order chi connectivity index (χ0) is 15.6. The van der Waals surface area contributed by atoms with Gasteiger partial charge in [0.2, 0.25) is 0 Å². The van der Waals surface area contributed by atoms with E-state index < -0.39 is 0 Å². The molecule has 0 bridgehead atoms. The lowest BCUT2D eigenvalue weighted by molar-refractivity contribution is -0.00196. The van der Waals surface area contributed by atoms with Crippen LogP contribution in [0.1, 0.15) is 65.7 Å². The Morgan fingerprint density at radius 3 is 2.73 bits per heavy atom. The molecule has 2 nitrogen and oxygen atoms in total. The highest BCUT2D eigenvalue weighted by atomic mass is 16.5. The molecule has 0 aromatic rings. The molecular weight excluding hydrogens is 272 g/mol. The van der Waals surface area contributed by atoms with E-state index in [1.807, 2.05) is 0 Å². The van der Waals surface area contributed by atoms with Gasteiger partial charge >= 0.3 is 0 Å². The molecule has 122 valence electrons. The molecule has 4 rings (SSSR count). The maximum atomic E-state index is 10.7. The van der Waals surface area contributed by atoms with Crippen molar-refractivity contribution in [2.45, 2.75) is 77.4 Å². The van der Waals surface area contributed by atoms with E-state index >= 15 is 0 Å². The van der Waals surface area contributed by atoms with Crippen molar-refractivity contribution in [1.29, 1.82) is 0 Å². The van der Waals surface area contributed by atoms with Crippen LogP contribution in [0.25, 0.3) is 0 Å². The quantitative estimate of drug-likeness (QED) is 0.673. The Labute approximate surface area is 134 Å². The van der Waals surface area contributed by atoms with Gasteiger partial charge in [-0.05, 0) is 56.9 Å². The van der Waals surface area contributed by atoms with Crippen molar-refractivity contribution >= 4 is 0 Å². The molecule has 1 heterocycles. The summed E-state index contributed by atoms with van der Waals surface area (Å²) in [5, 5.41) is 10.7. The summed E-state index contributed by atoms with van der Waals surface area (Å²) in [6, 6.07) is 0. The van der Waals surface area contributed by atoms with E-state index in [0.717, 1.165) is 25.9 Å². The van der Waals surface area contributed by atoms with E-state index in [9.17, 15) is 5.11 Å². The van der Waals surface area contributed by atoms with Gasteiger partial charge in [0.25, 0.3) is 0 Å². The first-order chi connectivity index (χ1) is 10.4. The number of rotatable bonds is 0. The van der Waals surface area contributed by atoms with E-state index in [0.29, 0.717) is 5.92 Å². The minimum atomic E-state index is -0.196. The lowest BCUT2D eigenvalue weighted by atomic mass is 9.52. The van der Waals surface area contributed by atoms with Gasteiger partial charge in [0, 0.05) is 17.4 Å². The van der Waals surface area contributed by atoms with Crippen LogP contribution in [0.2, 0.25) is 0 Å². The summed E-state index contributed by atoms with van der Waals surface area (Å²) >= 11 is 0. The Kier molecular flexibility index (Phi) is 3.20. The van der Waals surface area contributed by atoms with Gasteiger partial charge in [-0.25, -0.2) is 0 Å². The summed E-state index contributed by atoms with van der Waals surface area (Å²) in [6.07, 6.45) is 12.6. The first kappa shape index (κ1) is 15.0. The van der Waals surface area contributed by atoms with Crippen LogP contribution in [0.4, 0.5) is 0 Å². The van der Waals surface area contributed by atoms with Crippen molar-refractivity contribution in [2.75, 3.05) is 6.61 Å². The molecule has 0 amide bonds. The van der Waals surface area contributed by atoms with Crippen molar-refractivity contribution in [3.05, 3.63) is 23.3 Å². The molecule has 0 aromatic carbocycles. The molecule has 0 spiro atoms. The maximum absolute atomic E-state index is 10.7. The molecule has 2 fully saturated rings. The monoisotopic (exact) mass is 302 g/mol. The smallest absolute Gasteiger partial charge is 0.0900 e. The Hall–Kier alpha value is -0.600. The SMILES string of the molecule is CC12CCCC3CCO[C@]3(C)C1=CCC1(C)C2=CCC[C@H]1O. The summed E-state index contributed by atoms with van der Waals surface area (Å²) in [7, 11) is 0. The standard InChI is InChI=1S/C20H30O2/c1-18-11-5-6-14-10-13-22-20(14,3)16(18)9-12-19(2)15(18)7-4-8-17(19)21/h7,9,14,17,21H,4-6,8,10-13H2,1-3H3/t14?,17-,18?,19?,20+/m1/s1. The summed E-state index contributed by atoms with van der Waals surface area (Å²) in [6.45, 7) is 7.95. The summed E-state index contributed by atoms with van der Waals surface area (Å²) in [5.74, 6) is 0.680. The van der Waals surface area contributed by atoms with E-state index in [-0.39, 0.29) is 22.5 Å². The number of fused-ring (bicyclic) bond motifs is 5. The Balaban J connectivity index is 1.87. The first-order valence-electron chi connectivity index (χ1n) is 9.15. The first-order valence-corrected chi connectivity index (χ1v) is 9.15. The van der Waals surface area contributed by atoms with Crippen LogP contribution in [0.3, 0.4) is 0 Å². The highest BCUT2D eigenvalue weighted by molar-refractivity contribution is 5.45. The van der Waals surface area contributed by atoms with Crippen LogP contribution < -0.4 is 0 Å². The molecule has 4 aliphatic rings. The van der Waals surface area contributed by atoms with Crippen molar-refractivity contribution in [2.24, 2.45) is 16.7 Å². The third-order valence-corrected chi connectivity index (χ3v) is 7.47. The van der Waals surface area contributed by atoms with Crippen molar-refractivity contribution in [1.82, 2.24) is 0 Å². The molecule has 3 unspecified atom stereocenters. The van der Waals surface area contributed by atoms with Crippen molar-refractivity contribution in [3.8, 4) is 0 Å². The summed E-state index contributed by atoms with van der Waals surface area (Å²) in [4.78, 5) is 0. The van der Waals surface area contributed by atoms with Crippen LogP contribution >= 0.6 is 0 Å². The number of aliphatic hydroxyl groups is 1. The van der Waals surface area contributed by atoms with Gasteiger partial charge < -0.3 is 9.84 Å². The predicted octanol–water partition coefficient (Wildman–Crippen LogP) is 4.39. The highest BCUT2D eigenvalue weighted by Gasteiger charge is 2.57. The molecule has 0 aromatic heterocycles. The normalized spacial score (nSPS) is 51.1. The van der Waals surface area contributed by atoms with Gasteiger partial charge in [0.1, 0.15) is 0 Å². The zero-order valence-electron chi connectivity index (χ0n) is 14.3. The third kappa shape index (κ3) is 1.74. The molecule has 2 heteroatoms.